The summed E-state index contributed by atoms with van der Waals surface area (Å²) < 4.78 is 5.00. The molecule has 120 valence electrons. The number of amides is 1. The van der Waals surface area contributed by atoms with E-state index < -0.39 is 11.9 Å². The van der Waals surface area contributed by atoms with Gasteiger partial charge in [0, 0.05) is 11.4 Å². The Labute approximate surface area is 139 Å². The van der Waals surface area contributed by atoms with Crippen LogP contribution in [0.25, 0.3) is 10.8 Å². The van der Waals surface area contributed by atoms with E-state index in [0.29, 0.717) is 16.9 Å². The van der Waals surface area contributed by atoms with Crippen molar-refractivity contribution in [3.63, 3.8) is 0 Å². The smallest absolute Gasteiger partial charge is 0.338 e. The second-order valence-electron chi connectivity index (χ2n) is 5.31. The van der Waals surface area contributed by atoms with Crippen LogP contribution in [0.5, 0.6) is 0 Å². The van der Waals surface area contributed by atoms with E-state index in [4.69, 9.17) is 10.5 Å². The van der Waals surface area contributed by atoms with Crippen LogP contribution in [0.2, 0.25) is 0 Å². The third-order valence-electron chi connectivity index (χ3n) is 3.51. The quantitative estimate of drug-likeness (QED) is 0.571. The van der Waals surface area contributed by atoms with Crippen molar-refractivity contribution in [3.05, 3.63) is 72.3 Å². The highest BCUT2D eigenvalue weighted by Gasteiger charge is 2.10. The maximum atomic E-state index is 11.9. The minimum Gasteiger partial charge on any atom is -0.452 e. The number of carbonyl (C=O) groups is 2. The van der Waals surface area contributed by atoms with E-state index in [2.05, 4.69) is 5.32 Å². The van der Waals surface area contributed by atoms with Crippen molar-refractivity contribution >= 4 is 34.0 Å². The molecule has 0 heterocycles. The largest absolute Gasteiger partial charge is 0.452 e. The second kappa shape index (κ2) is 6.83. The summed E-state index contributed by atoms with van der Waals surface area (Å²) in [5.74, 6) is -0.960. The molecule has 3 rings (SSSR count). The summed E-state index contributed by atoms with van der Waals surface area (Å²) in [7, 11) is 0. The minimum atomic E-state index is -0.566. The van der Waals surface area contributed by atoms with Crippen LogP contribution in [0, 0.1) is 0 Å². The van der Waals surface area contributed by atoms with Crippen LogP contribution in [-0.2, 0) is 9.53 Å². The van der Waals surface area contributed by atoms with Crippen molar-refractivity contribution in [1.82, 2.24) is 0 Å². The van der Waals surface area contributed by atoms with Crippen LogP contribution < -0.4 is 11.1 Å². The van der Waals surface area contributed by atoms with E-state index in [9.17, 15) is 9.59 Å². The Hall–Kier alpha value is -3.34. The molecule has 0 fully saturated rings. The number of nitrogens with one attached hydrogen (secondary N) is 1. The lowest BCUT2D eigenvalue weighted by Gasteiger charge is -2.08. The predicted molar refractivity (Wildman–Crippen MR) is 93.7 cm³/mol. The average molecular weight is 320 g/mol. The first-order valence-electron chi connectivity index (χ1n) is 7.43. The molecule has 0 saturated carbocycles. The number of hydrogen-bond donors (Lipinski definition) is 2. The Bertz CT molecular complexity index is 889. The first-order chi connectivity index (χ1) is 11.6. The van der Waals surface area contributed by atoms with Crippen molar-refractivity contribution in [3.8, 4) is 0 Å². The highest BCUT2D eigenvalue weighted by atomic mass is 16.5. The van der Waals surface area contributed by atoms with Crippen molar-refractivity contribution in [2.45, 2.75) is 0 Å². The zero-order valence-electron chi connectivity index (χ0n) is 12.9. The van der Waals surface area contributed by atoms with Gasteiger partial charge in [-0.05, 0) is 47.2 Å². The van der Waals surface area contributed by atoms with Crippen LogP contribution in [-0.4, -0.2) is 18.5 Å². The van der Waals surface area contributed by atoms with Crippen LogP contribution in [0.1, 0.15) is 10.4 Å². The minimum absolute atomic E-state index is 0.350. The molecule has 0 aliphatic rings. The average Bonchev–Trinajstić information content (AvgIpc) is 2.60. The monoisotopic (exact) mass is 320 g/mol. The molecule has 3 aromatic carbocycles. The van der Waals surface area contributed by atoms with Gasteiger partial charge in [0.05, 0.1) is 5.56 Å². The maximum Gasteiger partial charge on any atom is 0.338 e. The highest BCUT2D eigenvalue weighted by Crippen LogP contribution is 2.18. The van der Waals surface area contributed by atoms with Crippen LogP contribution in [0.3, 0.4) is 0 Å². The van der Waals surface area contributed by atoms with Gasteiger partial charge in [0.2, 0.25) is 0 Å². The number of esters is 1. The number of ether oxygens (including phenoxy) is 1. The summed E-state index contributed by atoms with van der Waals surface area (Å²) in [6.45, 7) is -0.351. The Morgan fingerprint density at radius 1 is 0.917 bits per heavy atom. The summed E-state index contributed by atoms with van der Waals surface area (Å²) in [5, 5.41) is 4.82. The second-order valence-corrected chi connectivity index (χ2v) is 5.31. The molecule has 0 radical (unpaired) electrons. The normalized spacial score (nSPS) is 10.3. The lowest BCUT2D eigenvalue weighted by molar-refractivity contribution is -0.119. The molecule has 0 aromatic heterocycles. The standard InChI is InChI=1S/C19H16N2O3/c20-16-8-5-14(6-9-16)19(23)24-12-18(22)21-17-10-7-13-3-1-2-4-15(13)11-17/h1-11H,12,20H2,(H,21,22). The number of benzene rings is 3. The molecule has 0 saturated heterocycles. The van der Waals surface area contributed by atoms with Crippen LogP contribution in [0.15, 0.2) is 66.7 Å². The molecule has 1 amide bonds. The molecular formula is C19H16N2O3. The first kappa shape index (κ1) is 15.6. The molecule has 3 N–H and O–H groups in total. The number of hydrogen-bond acceptors (Lipinski definition) is 4. The van der Waals surface area contributed by atoms with Gasteiger partial charge in [-0.1, -0.05) is 30.3 Å². The Kier molecular flexibility index (Phi) is 4.43. The maximum absolute atomic E-state index is 11.9. The van der Waals surface area contributed by atoms with Gasteiger partial charge in [-0.15, -0.1) is 0 Å². The number of nitrogens with two attached hydrogens (primary N) is 1. The van der Waals surface area contributed by atoms with Crippen LogP contribution in [0.4, 0.5) is 11.4 Å². The van der Waals surface area contributed by atoms with E-state index in [-0.39, 0.29) is 6.61 Å². The molecule has 5 nitrogen and oxygen atoms in total. The van der Waals surface area contributed by atoms with Gasteiger partial charge in [0.15, 0.2) is 6.61 Å². The molecule has 0 spiro atoms. The first-order valence-corrected chi connectivity index (χ1v) is 7.43. The van der Waals surface area contributed by atoms with Gasteiger partial charge in [0.1, 0.15) is 0 Å². The fraction of sp³-hybridized carbons (Fsp3) is 0.0526. The number of fused-ring (bicyclic) bond motifs is 1. The van der Waals surface area contributed by atoms with Crippen molar-refractivity contribution in [1.29, 1.82) is 0 Å². The van der Waals surface area contributed by atoms with Crippen molar-refractivity contribution in [2.24, 2.45) is 0 Å². The fourth-order valence-electron chi connectivity index (χ4n) is 2.30. The molecule has 0 unspecified atom stereocenters. The number of rotatable bonds is 4. The lowest BCUT2D eigenvalue weighted by atomic mass is 10.1. The van der Waals surface area contributed by atoms with E-state index in [1.807, 2.05) is 42.5 Å². The van der Waals surface area contributed by atoms with Gasteiger partial charge in [-0.25, -0.2) is 4.79 Å². The summed E-state index contributed by atoms with van der Waals surface area (Å²) >= 11 is 0. The summed E-state index contributed by atoms with van der Waals surface area (Å²) in [6, 6.07) is 19.8. The third kappa shape index (κ3) is 3.70. The number of nitrogen functional groups attached to an aromatic ring is 1. The molecule has 0 bridgehead atoms. The number of carbonyl (C=O) groups excluding carboxylic acids is 2. The van der Waals surface area contributed by atoms with Gasteiger partial charge >= 0.3 is 5.97 Å². The van der Waals surface area contributed by atoms with E-state index in [1.165, 1.54) is 0 Å². The molecule has 0 aliphatic carbocycles. The predicted octanol–water partition coefficient (Wildman–Crippen LogP) is 3.22. The summed E-state index contributed by atoms with van der Waals surface area (Å²) in [5.41, 5.74) is 7.12. The molecule has 0 atom stereocenters. The van der Waals surface area contributed by atoms with Gasteiger partial charge in [0.25, 0.3) is 5.91 Å². The number of anilines is 2. The molecule has 0 aliphatic heterocycles. The van der Waals surface area contributed by atoms with Crippen LogP contribution >= 0.6 is 0 Å². The molecular weight excluding hydrogens is 304 g/mol. The fourth-order valence-corrected chi connectivity index (χ4v) is 2.30. The van der Waals surface area contributed by atoms with Crippen molar-refractivity contribution < 1.29 is 14.3 Å². The topological polar surface area (TPSA) is 81.4 Å². The molecule has 3 aromatic rings. The zero-order valence-corrected chi connectivity index (χ0v) is 12.9. The molecule has 24 heavy (non-hydrogen) atoms. The summed E-state index contributed by atoms with van der Waals surface area (Å²) in [6.07, 6.45) is 0. The highest BCUT2D eigenvalue weighted by molar-refractivity contribution is 5.97. The Morgan fingerprint density at radius 2 is 1.62 bits per heavy atom. The van der Waals surface area contributed by atoms with Crippen molar-refractivity contribution in [2.75, 3.05) is 17.7 Å². The lowest BCUT2D eigenvalue weighted by Crippen LogP contribution is -2.20. The molecule has 5 heteroatoms. The SMILES string of the molecule is Nc1ccc(C(=O)OCC(=O)Nc2ccc3ccccc3c2)cc1. The van der Waals surface area contributed by atoms with E-state index in [0.717, 1.165) is 10.8 Å². The zero-order chi connectivity index (χ0) is 16.9. The Balaban J connectivity index is 1.58. The van der Waals surface area contributed by atoms with E-state index >= 15 is 0 Å². The summed E-state index contributed by atoms with van der Waals surface area (Å²) in [4.78, 5) is 23.8. The van der Waals surface area contributed by atoms with Gasteiger partial charge < -0.3 is 15.8 Å². The van der Waals surface area contributed by atoms with Gasteiger partial charge in [-0.3, -0.25) is 4.79 Å². The third-order valence-corrected chi connectivity index (χ3v) is 3.51. The van der Waals surface area contributed by atoms with E-state index in [1.54, 1.807) is 24.3 Å². The Morgan fingerprint density at radius 3 is 2.38 bits per heavy atom. The van der Waals surface area contributed by atoms with Gasteiger partial charge in [-0.2, -0.15) is 0 Å².